The number of benzene rings is 1. The van der Waals surface area contributed by atoms with Gasteiger partial charge in [0.1, 0.15) is 21.9 Å². The first kappa shape index (κ1) is 20.1. The van der Waals surface area contributed by atoms with Crippen LogP contribution in [-0.4, -0.2) is 48.5 Å². The van der Waals surface area contributed by atoms with Crippen LogP contribution in [0.1, 0.15) is 27.3 Å². The number of hydrogen-bond acceptors (Lipinski definition) is 8. The number of aryl methyl sites for hydroxylation is 1. The van der Waals surface area contributed by atoms with E-state index in [1.807, 2.05) is 13.0 Å². The average molecular weight is 442 g/mol. The number of rotatable bonds is 4. The normalized spacial score (nSPS) is 18.6. The fraction of sp³-hybridized carbons (Fsp3) is 0.409. The number of halogens is 1. The zero-order chi connectivity index (χ0) is 21.5. The Morgan fingerprint density at radius 2 is 2.19 bits per heavy atom. The number of anilines is 2. The molecule has 9 heteroatoms. The van der Waals surface area contributed by atoms with E-state index in [0.29, 0.717) is 45.3 Å². The van der Waals surface area contributed by atoms with Crippen molar-refractivity contribution < 1.29 is 13.9 Å². The first-order valence-corrected chi connectivity index (χ1v) is 11.3. The van der Waals surface area contributed by atoms with Gasteiger partial charge in [0.25, 0.3) is 0 Å². The second-order valence-electron chi connectivity index (χ2n) is 8.16. The molecule has 1 atom stereocenters. The van der Waals surface area contributed by atoms with Crippen molar-refractivity contribution in [3.8, 4) is 5.75 Å². The molecule has 162 valence electrons. The smallest absolute Gasteiger partial charge is 0.175 e. The topological polar surface area (TPSA) is 93.4 Å². The predicted molar refractivity (Wildman–Crippen MR) is 120 cm³/mol. The van der Waals surface area contributed by atoms with Crippen molar-refractivity contribution >= 4 is 38.8 Å². The molecule has 31 heavy (non-hydrogen) atoms. The zero-order valence-corrected chi connectivity index (χ0v) is 18.1. The lowest BCUT2D eigenvalue weighted by Crippen LogP contribution is -2.43. The van der Waals surface area contributed by atoms with E-state index in [1.54, 1.807) is 12.3 Å². The molecule has 1 aromatic carbocycles. The maximum Gasteiger partial charge on any atom is 0.175 e. The largest absolute Gasteiger partial charge is 0.493 e. The minimum absolute atomic E-state index is 0.0742. The van der Waals surface area contributed by atoms with Crippen molar-refractivity contribution in [1.29, 1.82) is 0 Å². The second kappa shape index (κ2) is 8.05. The number of carbonyl (C=O) groups excluding carboxylic acids is 1. The van der Waals surface area contributed by atoms with Crippen molar-refractivity contribution in [2.45, 2.75) is 19.8 Å². The summed E-state index contributed by atoms with van der Waals surface area (Å²) in [7, 11) is 0. The van der Waals surface area contributed by atoms with E-state index in [2.05, 4.69) is 20.2 Å². The van der Waals surface area contributed by atoms with Crippen LogP contribution in [0.15, 0.2) is 18.3 Å². The zero-order valence-electron chi connectivity index (χ0n) is 17.3. The monoisotopic (exact) mass is 441 g/mol. The fourth-order valence-corrected chi connectivity index (χ4v) is 5.29. The summed E-state index contributed by atoms with van der Waals surface area (Å²) >= 11 is 1.27. The van der Waals surface area contributed by atoms with E-state index < -0.39 is 0 Å². The van der Waals surface area contributed by atoms with Gasteiger partial charge < -0.3 is 20.7 Å². The lowest BCUT2D eigenvalue weighted by Gasteiger charge is -2.31. The molecule has 0 unspecified atom stereocenters. The summed E-state index contributed by atoms with van der Waals surface area (Å²) in [6.45, 7) is 5.68. The molecule has 2 aliphatic heterocycles. The number of aromatic nitrogens is 2. The summed E-state index contributed by atoms with van der Waals surface area (Å²) in [5.41, 5.74) is 9.29. The number of thiophene rings is 1. The number of ether oxygens (including phenoxy) is 1. The van der Waals surface area contributed by atoms with Gasteiger partial charge in [-0.05, 0) is 19.4 Å². The van der Waals surface area contributed by atoms with Gasteiger partial charge in [0.2, 0.25) is 0 Å². The molecule has 0 radical (unpaired) electrons. The van der Waals surface area contributed by atoms with E-state index in [9.17, 15) is 9.18 Å². The number of nitrogens with two attached hydrogens (primary N) is 1. The van der Waals surface area contributed by atoms with E-state index in [-0.39, 0.29) is 23.9 Å². The Hall–Kier alpha value is -2.78. The summed E-state index contributed by atoms with van der Waals surface area (Å²) < 4.78 is 20.8. The van der Waals surface area contributed by atoms with Gasteiger partial charge in [-0.15, -0.1) is 11.3 Å². The molecule has 0 bridgehead atoms. The van der Waals surface area contributed by atoms with E-state index in [4.69, 9.17) is 10.5 Å². The maximum absolute atomic E-state index is 14.9. The summed E-state index contributed by atoms with van der Waals surface area (Å²) in [6, 6.07) is 3.51. The molecule has 7 nitrogen and oxygen atoms in total. The summed E-state index contributed by atoms with van der Waals surface area (Å²) in [5.74, 6) is 0.137. The molecule has 3 aromatic rings. The SMILES string of the molecule is Cc1cnc2c(N)c(C(=O)C[C@H]3COc4cc(N5CCNCC5)cc(F)c4C3)sc2n1. The predicted octanol–water partition coefficient (Wildman–Crippen LogP) is 2.95. The van der Waals surface area contributed by atoms with Crippen molar-refractivity contribution in [2.24, 2.45) is 5.92 Å². The number of ketones is 1. The number of carbonyl (C=O) groups is 1. The molecule has 0 aliphatic carbocycles. The van der Waals surface area contributed by atoms with Gasteiger partial charge in [0.05, 0.1) is 22.9 Å². The minimum Gasteiger partial charge on any atom is -0.493 e. The Morgan fingerprint density at radius 1 is 1.39 bits per heavy atom. The fourth-order valence-electron chi connectivity index (χ4n) is 4.25. The number of nitrogens with zero attached hydrogens (tertiary/aromatic N) is 3. The third-order valence-corrected chi connectivity index (χ3v) is 7.01. The Bertz CT molecular complexity index is 1160. The van der Waals surface area contributed by atoms with Crippen LogP contribution in [0, 0.1) is 18.7 Å². The molecule has 4 heterocycles. The molecule has 0 spiro atoms. The molecular formula is C22H24FN5O2S. The van der Waals surface area contributed by atoms with E-state index >= 15 is 0 Å². The maximum atomic E-state index is 14.9. The van der Waals surface area contributed by atoms with E-state index in [0.717, 1.165) is 37.6 Å². The Labute approximate surface area is 183 Å². The lowest BCUT2D eigenvalue weighted by atomic mass is 9.91. The van der Waals surface area contributed by atoms with Gasteiger partial charge >= 0.3 is 0 Å². The first-order valence-electron chi connectivity index (χ1n) is 10.5. The van der Waals surface area contributed by atoms with Crippen molar-refractivity contribution in [3.05, 3.63) is 40.3 Å². The van der Waals surface area contributed by atoms with Gasteiger partial charge in [-0.2, -0.15) is 0 Å². The van der Waals surface area contributed by atoms with Crippen molar-refractivity contribution in [2.75, 3.05) is 43.4 Å². The van der Waals surface area contributed by atoms with Crippen LogP contribution in [-0.2, 0) is 6.42 Å². The highest BCUT2D eigenvalue weighted by Gasteiger charge is 2.28. The van der Waals surface area contributed by atoms with Gasteiger partial charge in [-0.25, -0.2) is 14.4 Å². The first-order chi connectivity index (χ1) is 15.0. The molecule has 2 aromatic heterocycles. The van der Waals surface area contributed by atoms with E-state index in [1.165, 1.54) is 11.3 Å². The third-order valence-electron chi connectivity index (χ3n) is 5.88. The molecule has 1 saturated heterocycles. The van der Waals surface area contributed by atoms with Crippen molar-refractivity contribution in [3.63, 3.8) is 0 Å². The minimum atomic E-state index is -0.270. The van der Waals surface area contributed by atoms with Gasteiger partial charge in [0, 0.05) is 62.0 Å². The highest BCUT2D eigenvalue weighted by molar-refractivity contribution is 7.21. The highest BCUT2D eigenvalue weighted by atomic mass is 32.1. The third kappa shape index (κ3) is 3.83. The Morgan fingerprint density at radius 3 is 3.00 bits per heavy atom. The standard InChI is InChI=1S/C22H24FN5O2S/c1-12-10-26-20-19(24)21(31-22(20)27-12)17(29)7-13-6-15-16(23)8-14(9-18(15)30-11-13)28-4-2-25-3-5-28/h8-10,13,25H,2-7,11,24H2,1H3/t13-/m0/s1. The Kier molecular flexibility index (Phi) is 5.23. The second-order valence-corrected chi connectivity index (χ2v) is 9.16. The van der Waals surface area contributed by atoms with Crippen LogP contribution in [0.4, 0.5) is 15.8 Å². The molecule has 5 rings (SSSR count). The molecule has 0 saturated carbocycles. The molecule has 3 N–H and O–H groups in total. The van der Waals surface area contributed by atoms with Gasteiger partial charge in [0.15, 0.2) is 5.78 Å². The molecule has 2 aliphatic rings. The van der Waals surface area contributed by atoms with Gasteiger partial charge in [-0.3, -0.25) is 4.79 Å². The van der Waals surface area contributed by atoms with Crippen molar-refractivity contribution in [1.82, 2.24) is 15.3 Å². The number of nitrogen functional groups attached to an aromatic ring is 1. The number of piperazine rings is 1. The highest BCUT2D eigenvalue weighted by Crippen LogP contribution is 2.37. The summed E-state index contributed by atoms with van der Waals surface area (Å²) in [4.78, 5) is 25.0. The van der Waals surface area contributed by atoms with Crippen LogP contribution in [0.2, 0.25) is 0 Å². The van der Waals surface area contributed by atoms with Crippen LogP contribution in [0.25, 0.3) is 10.3 Å². The quantitative estimate of drug-likeness (QED) is 0.601. The summed E-state index contributed by atoms with van der Waals surface area (Å²) in [5, 5.41) is 3.30. The Balaban J connectivity index is 1.33. The number of hydrogen-bond donors (Lipinski definition) is 2. The van der Waals surface area contributed by atoms with Gasteiger partial charge in [-0.1, -0.05) is 0 Å². The number of fused-ring (bicyclic) bond motifs is 2. The van der Waals surface area contributed by atoms with Crippen LogP contribution in [0.5, 0.6) is 5.75 Å². The molecule has 1 fully saturated rings. The number of nitrogens with one attached hydrogen (secondary N) is 1. The van der Waals surface area contributed by atoms with Crippen LogP contribution < -0.4 is 20.7 Å². The molecule has 0 amide bonds. The summed E-state index contributed by atoms with van der Waals surface area (Å²) in [6.07, 6.45) is 2.35. The van der Waals surface area contributed by atoms with Crippen LogP contribution >= 0.6 is 11.3 Å². The van der Waals surface area contributed by atoms with Crippen LogP contribution in [0.3, 0.4) is 0 Å². The lowest BCUT2D eigenvalue weighted by molar-refractivity contribution is 0.0938. The number of Topliss-reactive ketones (excluding diaryl/α,β-unsaturated/α-hetero) is 1. The molecular weight excluding hydrogens is 417 g/mol. The average Bonchev–Trinajstić information content (AvgIpc) is 3.10.